The molecular weight excluding hydrogens is 733 g/mol. The second-order valence-electron chi connectivity index (χ2n) is 15.6. The zero-order chi connectivity index (χ0) is 39.8. The molecule has 61 heavy (non-hydrogen) atoms. The normalized spacial score (nSPS) is 11.1. The number of rotatable bonds is 7. The van der Waals surface area contributed by atoms with E-state index in [1.54, 1.807) is 0 Å². The molecule has 0 nitrogen and oxygen atoms in total. The molecule has 0 amide bonds. The summed E-state index contributed by atoms with van der Waals surface area (Å²) in [6, 6.07) is 88.8. The second-order valence-corrected chi connectivity index (χ2v) is 15.6. The van der Waals surface area contributed by atoms with Gasteiger partial charge in [-0.2, -0.15) is 0 Å². The molecule has 11 rings (SSSR count). The molecule has 0 saturated carbocycles. The summed E-state index contributed by atoms with van der Waals surface area (Å²) in [6.45, 7) is 0. The average molecular weight is 777 g/mol. The van der Waals surface area contributed by atoms with Crippen LogP contribution in [-0.2, 0) is 0 Å². The first-order valence-corrected chi connectivity index (χ1v) is 20.8. The van der Waals surface area contributed by atoms with Gasteiger partial charge in [-0.3, -0.25) is 0 Å². The predicted octanol–water partition coefficient (Wildman–Crippen LogP) is 17.5. The van der Waals surface area contributed by atoms with E-state index in [1.807, 2.05) is 0 Å². The van der Waals surface area contributed by atoms with E-state index >= 15 is 0 Å². The fourth-order valence-corrected chi connectivity index (χ4v) is 9.32. The van der Waals surface area contributed by atoms with Gasteiger partial charge in [-0.15, -0.1) is 0 Å². The maximum atomic E-state index is 2.45. The van der Waals surface area contributed by atoms with Crippen LogP contribution in [0.15, 0.2) is 243 Å². The summed E-state index contributed by atoms with van der Waals surface area (Å²) in [4.78, 5) is 0. The lowest BCUT2D eigenvalue weighted by atomic mass is 9.84. The van der Waals surface area contributed by atoms with Crippen molar-refractivity contribution in [3.8, 4) is 77.9 Å². The number of fused-ring (bicyclic) bond motifs is 3. The van der Waals surface area contributed by atoms with Gasteiger partial charge in [0.25, 0.3) is 0 Å². The van der Waals surface area contributed by atoms with Crippen molar-refractivity contribution in [1.82, 2.24) is 0 Å². The van der Waals surface area contributed by atoms with Crippen LogP contribution in [0.5, 0.6) is 0 Å². The summed E-state index contributed by atoms with van der Waals surface area (Å²) in [7, 11) is 0. The molecule has 11 aromatic carbocycles. The standard InChI is InChI=1S/C60H40.CH4/c1-4-19-41(20-5-1)44-25-18-26-45(37-44)50-28-12-13-30-52(50)58-40-48(51-29-11-10-27-49(51)42-21-6-2-7-22-42)38-46-35-36-47(39-57(46)58)60-55-33-16-14-31-53(55)59(43-23-8-3-9-24-43)54-32-15-17-34-56(54)60;/h1-40H;1H4. The van der Waals surface area contributed by atoms with Crippen molar-refractivity contribution >= 4 is 32.3 Å². The molecule has 288 valence electrons. The Labute approximate surface area is 358 Å². The summed E-state index contributed by atoms with van der Waals surface area (Å²) in [5, 5.41) is 7.45. The molecule has 0 bridgehead atoms. The van der Waals surface area contributed by atoms with Crippen LogP contribution in [0, 0.1) is 0 Å². The highest BCUT2D eigenvalue weighted by atomic mass is 14.2. The molecule has 0 fully saturated rings. The summed E-state index contributed by atoms with van der Waals surface area (Å²) in [5.74, 6) is 0. The molecule has 0 saturated heterocycles. The molecular formula is C61H44. The van der Waals surface area contributed by atoms with Crippen LogP contribution in [0.2, 0.25) is 0 Å². The van der Waals surface area contributed by atoms with Crippen molar-refractivity contribution < 1.29 is 0 Å². The van der Waals surface area contributed by atoms with Gasteiger partial charge < -0.3 is 0 Å². The Bertz CT molecular complexity index is 3280. The van der Waals surface area contributed by atoms with Crippen LogP contribution in [0.1, 0.15) is 7.43 Å². The average Bonchev–Trinajstić information content (AvgIpc) is 3.33. The van der Waals surface area contributed by atoms with Crippen molar-refractivity contribution in [3.63, 3.8) is 0 Å². The molecule has 0 atom stereocenters. The summed E-state index contributed by atoms with van der Waals surface area (Å²) in [6.07, 6.45) is 0. The largest absolute Gasteiger partial charge is 0.0776 e. The minimum atomic E-state index is 0. The smallest absolute Gasteiger partial charge is 0.00261 e. The van der Waals surface area contributed by atoms with Gasteiger partial charge in [0.15, 0.2) is 0 Å². The van der Waals surface area contributed by atoms with Gasteiger partial charge in [0.2, 0.25) is 0 Å². The molecule has 0 N–H and O–H groups in total. The van der Waals surface area contributed by atoms with Crippen LogP contribution in [0.3, 0.4) is 0 Å². The molecule has 0 aliphatic heterocycles. The van der Waals surface area contributed by atoms with Gasteiger partial charge >= 0.3 is 0 Å². The molecule has 0 heterocycles. The lowest BCUT2D eigenvalue weighted by molar-refractivity contribution is 1.57. The Balaban J connectivity index is 0.00000445. The summed E-state index contributed by atoms with van der Waals surface area (Å²) in [5.41, 5.74) is 17.1. The van der Waals surface area contributed by atoms with E-state index in [9.17, 15) is 0 Å². The molecule has 0 spiro atoms. The maximum Gasteiger partial charge on any atom is -0.00261 e. The van der Waals surface area contributed by atoms with E-state index in [4.69, 9.17) is 0 Å². The van der Waals surface area contributed by atoms with Crippen molar-refractivity contribution in [2.24, 2.45) is 0 Å². The molecule has 0 aliphatic rings. The molecule has 0 unspecified atom stereocenters. The molecule has 0 heteroatoms. The molecule has 0 aromatic heterocycles. The van der Waals surface area contributed by atoms with Gasteiger partial charge in [0, 0.05) is 0 Å². The van der Waals surface area contributed by atoms with Gasteiger partial charge in [-0.1, -0.05) is 226 Å². The first-order valence-electron chi connectivity index (χ1n) is 20.8. The maximum absolute atomic E-state index is 2.45. The van der Waals surface area contributed by atoms with Crippen molar-refractivity contribution in [2.45, 2.75) is 7.43 Å². The minimum absolute atomic E-state index is 0. The third kappa shape index (κ3) is 6.79. The second kappa shape index (κ2) is 16.1. The third-order valence-electron chi connectivity index (χ3n) is 12.1. The topological polar surface area (TPSA) is 0 Å². The van der Waals surface area contributed by atoms with Crippen molar-refractivity contribution in [1.29, 1.82) is 0 Å². The number of hydrogen-bond acceptors (Lipinski definition) is 0. The Hall–Kier alpha value is -7.80. The van der Waals surface area contributed by atoms with E-state index in [1.165, 1.54) is 110 Å². The van der Waals surface area contributed by atoms with E-state index < -0.39 is 0 Å². The van der Waals surface area contributed by atoms with Crippen LogP contribution in [0.4, 0.5) is 0 Å². The van der Waals surface area contributed by atoms with Gasteiger partial charge in [-0.25, -0.2) is 0 Å². The fraction of sp³-hybridized carbons (Fsp3) is 0.0164. The van der Waals surface area contributed by atoms with Crippen LogP contribution >= 0.6 is 0 Å². The zero-order valence-electron chi connectivity index (χ0n) is 33.1. The lowest BCUT2D eigenvalue weighted by Crippen LogP contribution is -1.93. The fourth-order valence-electron chi connectivity index (χ4n) is 9.32. The number of hydrogen-bond donors (Lipinski definition) is 0. The van der Waals surface area contributed by atoms with Crippen LogP contribution < -0.4 is 0 Å². The molecule has 0 aliphatic carbocycles. The highest BCUT2D eigenvalue weighted by Gasteiger charge is 2.19. The first-order chi connectivity index (χ1) is 29.8. The highest BCUT2D eigenvalue weighted by Crippen LogP contribution is 2.47. The van der Waals surface area contributed by atoms with Crippen LogP contribution in [-0.4, -0.2) is 0 Å². The summed E-state index contributed by atoms with van der Waals surface area (Å²) < 4.78 is 0. The molecule has 11 aromatic rings. The number of benzene rings is 11. The Kier molecular flexibility index (Phi) is 9.89. The summed E-state index contributed by atoms with van der Waals surface area (Å²) >= 11 is 0. The quantitative estimate of drug-likeness (QED) is 0.141. The lowest BCUT2D eigenvalue weighted by Gasteiger charge is -2.20. The van der Waals surface area contributed by atoms with Crippen LogP contribution in [0.25, 0.3) is 110 Å². The van der Waals surface area contributed by atoms with E-state index in [0.717, 1.165) is 0 Å². The monoisotopic (exact) mass is 776 g/mol. The zero-order valence-corrected chi connectivity index (χ0v) is 33.1. The van der Waals surface area contributed by atoms with E-state index in [0.29, 0.717) is 0 Å². The SMILES string of the molecule is C.c1ccc(-c2cccc(-c3ccccc3-c3cc(-c4ccccc4-c4ccccc4)cc4ccc(-c5c6ccccc6c(-c6ccccc6)c6ccccc56)cc34)c2)cc1. The van der Waals surface area contributed by atoms with Gasteiger partial charge in [-0.05, 0) is 134 Å². The predicted molar refractivity (Wildman–Crippen MR) is 264 cm³/mol. The third-order valence-corrected chi connectivity index (χ3v) is 12.1. The van der Waals surface area contributed by atoms with Gasteiger partial charge in [0.1, 0.15) is 0 Å². The van der Waals surface area contributed by atoms with E-state index in [-0.39, 0.29) is 7.43 Å². The van der Waals surface area contributed by atoms with E-state index in [2.05, 4.69) is 243 Å². The molecule has 0 radical (unpaired) electrons. The Morgan fingerprint density at radius 1 is 0.180 bits per heavy atom. The van der Waals surface area contributed by atoms with Gasteiger partial charge in [0.05, 0.1) is 0 Å². The first kappa shape index (κ1) is 37.5. The highest BCUT2D eigenvalue weighted by molar-refractivity contribution is 6.22. The Morgan fingerprint density at radius 2 is 0.607 bits per heavy atom. The minimum Gasteiger partial charge on any atom is -0.0776 e. The van der Waals surface area contributed by atoms with Crippen molar-refractivity contribution in [2.75, 3.05) is 0 Å². The van der Waals surface area contributed by atoms with Crippen molar-refractivity contribution in [3.05, 3.63) is 243 Å². The Morgan fingerprint density at radius 3 is 1.20 bits per heavy atom.